The minimum absolute atomic E-state index is 0.0805. The fourth-order valence-corrected chi connectivity index (χ4v) is 3.91. The lowest BCUT2D eigenvalue weighted by atomic mass is 10.1. The molecule has 0 aliphatic carbocycles. The van der Waals surface area contributed by atoms with E-state index in [4.69, 9.17) is 9.15 Å². The van der Waals surface area contributed by atoms with Gasteiger partial charge >= 0.3 is 5.63 Å². The maximum atomic E-state index is 12.5. The van der Waals surface area contributed by atoms with E-state index < -0.39 is 11.5 Å². The zero-order chi connectivity index (χ0) is 18.3. The highest BCUT2D eigenvalue weighted by Crippen LogP contribution is 2.28. The van der Waals surface area contributed by atoms with Gasteiger partial charge in [-0.25, -0.2) is 9.78 Å². The lowest BCUT2D eigenvalue weighted by Crippen LogP contribution is -2.20. The molecule has 0 atom stereocenters. The molecule has 1 N–H and O–H groups in total. The molecule has 2 aromatic carbocycles. The quantitative estimate of drug-likeness (QED) is 0.486. The van der Waals surface area contributed by atoms with Gasteiger partial charge in [0.15, 0.2) is 5.13 Å². The Morgan fingerprint density at radius 1 is 1.23 bits per heavy atom. The first-order valence-electron chi connectivity index (χ1n) is 7.53. The van der Waals surface area contributed by atoms with Crippen LogP contribution in [0.15, 0.2) is 56.1 Å². The summed E-state index contributed by atoms with van der Waals surface area (Å²) in [5, 5.41) is 3.71. The van der Waals surface area contributed by atoms with Crippen molar-refractivity contribution in [3.8, 4) is 5.75 Å². The van der Waals surface area contributed by atoms with Crippen molar-refractivity contribution in [2.24, 2.45) is 0 Å². The highest BCUT2D eigenvalue weighted by molar-refractivity contribution is 9.10. The van der Waals surface area contributed by atoms with Crippen LogP contribution < -0.4 is 15.7 Å². The summed E-state index contributed by atoms with van der Waals surface area (Å²) in [6.07, 6.45) is 0. The molecule has 0 unspecified atom stereocenters. The van der Waals surface area contributed by atoms with Gasteiger partial charge < -0.3 is 9.15 Å². The molecular formula is C18H11BrN2O4S. The van der Waals surface area contributed by atoms with Crippen LogP contribution in [-0.2, 0) is 0 Å². The van der Waals surface area contributed by atoms with Gasteiger partial charge in [-0.1, -0.05) is 27.3 Å². The van der Waals surface area contributed by atoms with Crippen molar-refractivity contribution in [2.45, 2.75) is 0 Å². The summed E-state index contributed by atoms with van der Waals surface area (Å²) < 4.78 is 12.2. The molecule has 26 heavy (non-hydrogen) atoms. The number of hydrogen-bond acceptors (Lipinski definition) is 6. The summed E-state index contributed by atoms with van der Waals surface area (Å²) in [4.78, 5) is 29.0. The molecule has 0 saturated carbocycles. The van der Waals surface area contributed by atoms with Crippen molar-refractivity contribution < 1.29 is 13.9 Å². The number of anilines is 1. The van der Waals surface area contributed by atoms with E-state index in [1.54, 1.807) is 18.2 Å². The van der Waals surface area contributed by atoms with Gasteiger partial charge in [-0.05, 0) is 36.4 Å². The van der Waals surface area contributed by atoms with Gasteiger partial charge in [0.1, 0.15) is 16.9 Å². The van der Waals surface area contributed by atoms with Crippen LogP contribution in [0.4, 0.5) is 5.13 Å². The van der Waals surface area contributed by atoms with Crippen LogP contribution in [0, 0.1) is 0 Å². The molecule has 4 aromatic rings. The summed E-state index contributed by atoms with van der Waals surface area (Å²) in [7, 11) is 1.53. The standard InChI is InChI=1S/C18H11BrN2O4S/c1-24-11-4-2-9-6-12(17(23)25-14(9)8-11)16(22)21-18-20-13-5-3-10(19)7-15(13)26-18/h2-8H,1H3,(H,20,21,22). The molecule has 4 rings (SSSR count). The second-order valence-electron chi connectivity index (χ2n) is 5.44. The number of aromatic nitrogens is 1. The average molecular weight is 431 g/mol. The first-order chi connectivity index (χ1) is 12.5. The number of hydrogen-bond donors (Lipinski definition) is 1. The first-order valence-corrected chi connectivity index (χ1v) is 9.14. The molecule has 2 aromatic heterocycles. The topological polar surface area (TPSA) is 81.4 Å². The van der Waals surface area contributed by atoms with E-state index in [9.17, 15) is 9.59 Å². The Balaban J connectivity index is 1.68. The summed E-state index contributed by atoms with van der Waals surface area (Å²) in [5.74, 6) is 0.00748. The molecule has 130 valence electrons. The molecule has 0 spiro atoms. The minimum Gasteiger partial charge on any atom is -0.497 e. The number of benzene rings is 2. The summed E-state index contributed by atoms with van der Waals surface area (Å²) >= 11 is 4.73. The first kappa shape index (κ1) is 16.7. The van der Waals surface area contributed by atoms with Crippen molar-refractivity contribution in [3.05, 3.63) is 62.9 Å². The van der Waals surface area contributed by atoms with E-state index in [1.165, 1.54) is 24.5 Å². The summed E-state index contributed by atoms with van der Waals surface area (Å²) in [5.41, 5.74) is 0.331. The number of carbonyl (C=O) groups is 1. The van der Waals surface area contributed by atoms with E-state index >= 15 is 0 Å². The Labute approximate surface area is 159 Å². The summed E-state index contributed by atoms with van der Waals surface area (Å²) in [6, 6.07) is 12.2. The number of ether oxygens (including phenoxy) is 1. The predicted octanol–water partition coefficient (Wildman–Crippen LogP) is 4.43. The third kappa shape index (κ3) is 3.09. The monoisotopic (exact) mass is 430 g/mol. The number of nitrogens with zero attached hydrogens (tertiary/aromatic N) is 1. The second kappa shape index (κ2) is 6.54. The van der Waals surface area contributed by atoms with Gasteiger partial charge in [-0.2, -0.15) is 0 Å². The SMILES string of the molecule is COc1ccc2cc(C(=O)Nc3nc4ccc(Br)cc4s3)c(=O)oc2c1. The lowest BCUT2D eigenvalue weighted by Gasteiger charge is -2.04. The van der Waals surface area contributed by atoms with E-state index in [1.807, 2.05) is 18.2 Å². The fraction of sp³-hybridized carbons (Fsp3) is 0.0556. The molecule has 0 radical (unpaired) electrons. The Morgan fingerprint density at radius 2 is 2.08 bits per heavy atom. The molecule has 2 heterocycles. The third-order valence-electron chi connectivity index (χ3n) is 3.76. The van der Waals surface area contributed by atoms with Crippen molar-refractivity contribution in [2.75, 3.05) is 12.4 Å². The molecule has 6 nitrogen and oxygen atoms in total. The Hall–Kier alpha value is -2.71. The number of halogens is 1. The maximum Gasteiger partial charge on any atom is 0.349 e. The number of amides is 1. The van der Waals surface area contributed by atoms with Gasteiger partial charge in [0.05, 0.1) is 17.3 Å². The van der Waals surface area contributed by atoms with Crippen LogP contribution >= 0.6 is 27.3 Å². The molecule has 0 bridgehead atoms. The van der Waals surface area contributed by atoms with Crippen LogP contribution in [-0.4, -0.2) is 18.0 Å². The minimum atomic E-state index is -0.716. The van der Waals surface area contributed by atoms with Crippen LogP contribution in [0.3, 0.4) is 0 Å². The fourth-order valence-electron chi connectivity index (χ4n) is 2.49. The lowest BCUT2D eigenvalue weighted by molar-refractivity contribution is 0.102. The van der Waals surface area contributed by atoms with Gasteiger partial charge in [0.2, 0.25) is 0 Å². The van der Waals surface area contributed by atoms with Crippen molar-refractivity contribution in [1.82, 2.24) is 4.98 Å². The largest absolute Gasteiger partial charge is 0.497 e. The Morgan fingerprint density at radius 3 is 2.88 bits per heavy atom. The van der Waals surface area contributed by atoms with Crippen molar-refractivity contribution in [3.63, 3.8) is 0 Å². The number of thiazole rings is 1. The third-order valence-corrected chi connectivity index (χ3v) is 5.19. The van der Waals surface area contributed by atoms with Gasteiger partial charge in [-0.3, -0.25) is 10.1 Å². The Bertz CT molecular complexity index is 1210. The number of rotatable bonds is 3. The zero-order valence-corrected chi connectivity index (χ0v) is 15.8. The second-order valence-corrected chi connectivity index (χ2v) is 7.38. The maximum absolute atomic E-state index is 12.5. The van der Waals surface area contributed by atoms with Gasteiger partial charge in [0, 0.05) is 15.9 Å². The van der Waals surface area contributed by atoms with Crippen LogP contribution in [0.5, 0.6) is 5.75 Å². The van der Waals surface area contributed by atoms with Crippen LogP contribution in [0.25, 0.3) is 21.2 Å². The molecule has 0 saturated heterocycles. The van der Waals surface area contributed by atoms with E-state index in [2.05, 4.69) is 26.2 Å². The molecule has 8 heteroatoms. The van der Waals surface area contributed by atoms with Crippen LogP contribution in [0.2, 0.25) is 0 Å². The van der Waals surface area contributed by atoms with Gasteiger partial charge in [0.25, 0.3) is 5.91 Å². The van der Waals surface area contributed by atoms with Gasteiger partial charge in [-0.15, -0.1) is 0 Å². The van der Waals surface area contributed by atoms with Crippen molar-refractivity contribution >= 4 is 59.5 Å². The molecular weight excluding hydrogens is 420 g/mol. The molecule has 0 aliphatic heterocycles. The normalized spacial score (nSPS) is 11.0. The average Bonchev–Trinajstić information content (AvgIpc) is 3.01. The number of fused-ring (bicyclic) bond motifs is 2. The van der Waals surface area contributed by atoms with E-state index in [0.717, 1.165) is 14.7 Å². The van der Waals surface area contributed by atoms with E-state index in [-0.39, 0.29) is 5.56 Å². The number of methoxy groups -OCH3 is 1. The van der Waals surface area contributed by atoms with Crippen molar-refractivity contribution in [1.29, 1.82) is 0 Å². The zero-order valence-electron chi connectivity index (χ0n) is 13.4. The Kier molecular flexibility index (Phi) is 4.21. The number of carbonyl (C=O) groups excluding carboxylic acids is 1. The summed E-state index contributed by atoms with van der Waals surface area (Å²) in [6.45, 7) is 0. The molecule has 1 amide bonds. The molecule has 0 aliphatic rings. The highest BCUT2D eigenvalue weighted by atomic mass is 79.9. The predicted molar refractivity (Wildman–Crippen MR) is 104 cm³/mol. The molecule has 0 fully saturated rings. The van der Waals surface area contributed by atoms with Crippen LogP contribution in [0.1, 0.15) is 10.4 Å². The highest BCUT2D eigenvalue weighted by Gasteiger charge is 2.16. The number of nitrogens with one attached hydrogen (secondary N) is 1. The smallest absolute Gasteiger partial charge is 0.349 e. The van der Waals surface area contributed by atoms with E-state index in [0.29, 0.717) is 21.9 Å².